The van der Waals surface area contributed by atoms with Gasteiger partial charge in [-0.25, -0.2) is 0 Å². The van der Waals surface area contributed by atoms with Crippen LogP contribution in [0.25, 0.3) is 0 Å². The van der Waals surface area contributed by atoms with E-state index in [1.165, 1.54) is 11.1 Å². The van der Waals surface area contributed by atoms with E-state index in [0.717, 1.165) is 6.42 Å². The smallest absolute Gasteiger partial charge is 0.0307 e. The SMILES string of the molecule is CC.CC.CC.CCc1ccccc1.Cc1ccccc1. The van der Waals surface area contributed by atoms with Crippen molar-refractivity contribution >= 4 is 0 Å². The van der Waals surface area contributed by atoms with E-state index >= 15 is 0 Å². The summed E-state index contributed by atoms with van der Waals surface area (Å²) in [5.74, 6) is 0. The van der Waals surface area contributed by atoms with E-state index in [0.29, 0.717) is 0 Å². The van der Waals surface area contributed by atoms with Crippen molar-refractivity contribution in [2.24, 2.45) is 0 Å². The Morgan fingerprint density at radius 2 is 0.905 bits per heavy atom. The third kappa shape index (κ3) is 18.4. The van der Waals surface area contributed by atoms with Crippen molar-refractivity contribution in [2.75, 3.05) is 0 Å². The minimum atomic E-state index is 1.14. The fraction of sp³-hybridized carbons (Fsp3) is 0.429. The Kier molecular flexibility index (Phi) is 27.4. The highest BCUT2D eigenvalue weighted by Gasteiger charge is 1.80. The number of hydrogen-bond donors (Lipinski definition) is 0. The second-order valence-corrected chi connectivity index (χ2v) is 3.49. The van der Waals surface area contributed by atoms with Crippen LogP contribution in [-0.2, 0) is 6.42 Å². The Bertz CT molecular complexity index is 348. The van der Waals surface area contributed by atoms with Crippen molar-refractivity contribution < 1.29 is 0 Å². The third-order valence-corrected chi connectivity index (χ3v) is 2.19. The number of benzene rings is 2. The first-order chi connectivity index (χ1) is 10.3. The molecule has 21 heavy (non-hydrogen) atoms. The molecule has 0 N–H and O–H groups in total. The molecule has 0 radical (unpaired) electrons. The number of aryl methyl sites for hydroxylation is 2. The molecule has 0 nitrogen and oxygen atoms in total. The highest BCUT2D eigenvalue weighted by molar-refractivity contribution is 5.14. The lowest BCUT2D eigenvalue weighted by molar-refractivity contribution is 1.14. The Labute approximate surface area is 134 Å². The molecule has 2 aromatic carbocycles. The molecule has 0 fully saturated rings. The molecule has 2 rings (SSSR count). The lowest BCUT2D eigenvalue weighted by atomic mass is 10.2. The Balaban J connectivity index is -0.000000229. The van der Waals surface area contributed by atoms with Crippen LogP contribution in [0.4, 0.5) is 0 Å². The Morgan fingerprint density at radius 1 is 0.571 bits per heavy atom. The summed E-state index contributed by atoms with van der Waals surface area (Å²) in [5, 5.41) is 0. The van der Waals surface area contributed by atoms with Crippen molar-refractivity contribution in [1.29, 1.82) is 0 Å². The molecule has 120 valence electrons. The molecule has 2 aromatic rings. The van der Waals surface area contributed by atoms with Crippen molar-refractivity contribution in [1.82, 2.24) is 0 Å². The highest BCUT2D eigenvalue weighted by atomic mass is 13.9. The van der Waals surface area contributed by atoms with Gasteiger partial charge in [0.2, 0.25) is 0 Å². The van der Waals surface area contributed by atoms with Gasteiger partial charge in [-0.15, -0.1) is 0 Å². The van der Waals surface area contributed by atoms with Gasteiger partial charge in [0.25, 0.3) is 0 Å². The Morgan fingerprint density at radius 3 is 1.10 bits per heavy atom. The summed E-state index contributed by atoms with van der Waals surface area (Å²) in [6.45, 7) is 16.2. The highest BCUT2D eigenvalue weighted by Crippen LogP contribution is 1.96. The number of rotatable bonds is 1. The van der Waals surface area contributed by atoms with Crippen LogP contribution in [0.1, 0.15) is 59.6 Å². The third-order valence-electron chi connectivity index (χ3n) is 2.19. The zero-order valence-electron chi connectivity index (χ0n) is 15.5. The maximum absolute atomic E-state index is 2.16. The molecule has 0 aliphatic carbocycles. The summed E-state index contributed by atoms with van der Waals surface area (Å²) in [6.07, 6.45) is 1.14. The van der Waals surface area contributed by atoms with Crippen molar-refractivity contribution in [2.45, 2.75) is 61.8 Å². The monoisotopic (exact) mass is 288 g/mol. The quantitative estimate of drug-likeness (QED) is 0.515. The van der Waals surface area contributed by atoms with Gasteiger partial charge >= 0.3 is 0 Å². The van der Waals surface area contributed by atoms with Crippen LogP contribution < -0.4 is 0 Å². The van der Waals surface area contributed by atoms with E-state index in [2.05, 4.69) is 50.2 Å². The van der Waals surface area contributed by atoms with Crippen LogP contribution in [0, 0.1) is 6.92 Å². The fourth-order valence-corrected chi connectivity index (χ4v) is 1.25. The topological polar surface area (TPSA) is 0 Å². The van der Waals surface area contributed by atoms with E-state index in [9.17, 15) is 0 Å². The van der Waals surface area contributed by atoms with E-state index in [1.54, 1.807) is 0 Å². The summed E-state index contributed by atoms with van der Waals surface area (Å²) >= 11 is 0. The van der Waals surface area contributed by atoms with Crippen LogP contribution in [0.3, 0.4) is 0 Å². The Hall–Kier alpha value is -1.56. The zero-order chi connectivity index (χ0) is 16.9. The zero-order valence-corrected chi connectivity index (χ0v) is 15.5. The minimum absolute atomic E-state index is 1.14. The van der Waals surface area contributed by atoms with Crippen molar-refractivity contribution in [3.8, 4) is 0 Å². The average Bonchev–Trinajstić information content (AvgIpc) is 2.62. The summed E-state index contributed by atoms with van der Waals surface area (Å²) in [5.41, 5.74) is 2.73. The van der Waals surface area contributed by atoms with Crippen LogP contribution in [0.2, 0.25) is 0 Å². The largest absolute Gasteiger partial charge is 0.0683 e. The molecule has 0 unspecified atom stereocenters. The first-order valence-electron chi connectivity index (χ1n) is 8.38. The van der Waals surface area contributed by atoms with Gasteiger partial charge in [-0.05, 0) is 18.9 Å². The summed E-state index contributed by atoms with van der Waals surface area (Å²) in [7, 11) is 0. The van der Waals surface area contributed by atoms with E-state index in [-0.39, 0.29) is 0 Å². The summed E-state index contributed by atoms with van der Waals surface area (Å²) < 4.78 is 0. The first-order valence-corrected chi connectivity index (χ1v) is 8.38. The van der Waals surface area contributed by atoms with Crippen LogP contribution in [0.5, 0.6) is 0 Å². The fourth-order valence-electron chi connectivity index (χ4n) is 1.25. The standard InChI is InChI=1S/C8H10.C7H8.3C2H6/c1-2-8-6-4-3-5-7-8;1-7-5-3-2-4-6-7;3*1-2/h3-7H,2H2,1H3;2-6H,1H3;3*1-2H3. The van der Waals surface area contributed by atoms with Crippen molar-refractivity contribution in [3.05, 3.63) is 71.8 Å². The van der Waals surface area contributed by atoms with Crippen LogP contribution in [0.15, 0.2) is 60.7 Å². The first kappa shape index (κ1) is 24.5. The predicted molar refractivity (Wildman–Crippen MR) is 101 cm³/mol. The molecule has 0 heterocycles. The number of hydrogen-bond acceptors (Lipinski definition) is 0. The molecule has 0 saturated heterocycles. The molecule has 0 saturated carbocycles. The molecule has 0 heteroatoms. The predicted octanol–water partition coefficient (Wildman–Crippen LogP) is 7.32. The van der Waals surface area contributed by atoms with Gasteiger partial charge in [0.1, 0.15) is 0 Å². The molecular formula is C21H36. The molecule has 0 atom stereocenters. The summed E-state index contributed by atoms with van der Waals surface area (Å²) in [4.78, 5) is 0. The van der Waals surface area contributed by atoms with Gasteiger partial charge in [0.15, 0.2) is 0 Å². The van der Waals surface area contributed by atoms with Gasteiger partial charge in [-0.2, -0.15) is 0 Å². The molecule has 0 amide bonds. The van der Waals surface area contributed by atoms with Crippen LogP contribution in [-0.4, -0.2) is 0 Å². The van der Waals surface area contributed by atoms with E-state index in [1.807, 2.05) is 65.8 Å². The van der Waals surface area contributed by atoms with Crippen LogP contribution >= 0.6 is 0 Å². The summed E-state index contributed by atoms with van der Waals surface area (Å²) in [6, 6.07) is 20.7. The molecule has 0 spiro atoms. The molecule has 0 aliphatic heterocycles. The normalized spacial score (nSPS) is 7.24. The van der Waals surface area contributed by atoms with Gasteiger partial charge in [-0.1, -0.05) is 115 Å². The van der Waals surface area contributed by atoms with Gasteiger partial charge in [0, 0.05) is 0 Å². The molecule has 0 bridgehead atoms. The average molecular weight is 289 g/mol. The van der Waals surface area contributed by atoms with Crippen molar-refractivity contribution in [3.63, 3.8) is 0 Å². The van der Waals surface area contributed by atoms with E-state index < -0.39 is 0 Å². The second kappa shape index (κ2) is 23.5. The lowest BCUT2D eigenvalue weighted by Gasteiger charge is -1.89. The maximum atomic E-state index is 2.16. The second-order valence-electron chi connectivity index (χ2n) is 3.49. The molecule has 0 aliphatic rings. The van der Waals surface area contributed by atoms with Gasteiger partial charge in [-0.3, -0.25) is 0 Å². The lowest BCUT2D eigenvalue weighted by Crippen LogP contribution is -1.73. The van der Waals surface area contributed by atoms with Gasteiger partial charge < -0.3 is 0 Å². The van der Waals surface area contributed by atoms with Gasteiger partial charge in [0.05, 0.1) is 0 Å². The maximum Gasteiger partial charge on any atom is -0.0307 e. The minimum Gasteiger partial charge on any atom is -0.0683 e. The molecular weight excluding hydrogens is 252 g/mol. The molecule has 0 aromatic heterocycles. The van der Waals surface area contributed by atoms with E-state index in [4.69, 9.17) is 0 Å².